The average Bonchev–Trinajstić information content (AvgIpc) is 2.59. The lowest BCUT2D eigenvalue weighted by molar-refractivity contribution is -0.148. The molecule has 5 nitrogen and oxygen atoms in total. The molecule has 2 atom stereocenters. The Kier molecular flexibility index (Phi) is 4.75. The van der Waals surface area contributed by atoms with Gasteiger partial charge in [-0.1, -0.05) is 27.4 Å². The molecule has 0 aromatic rings. The van der Waals surface area contributed by atoms with Crippen molar-refractivity contribution in [1.82, 2.24) is 5.32 Å². The van der Waals surface area contributed by atoms with Gasteiger partial charge in [0.25, 0.3) is 0 Å². The molecule has 0 aromatic heterocycles. The van der Waals surface area contributed by atoms with Crippen molar-refractivity contribution in [2.75, 3.05) is 13.7 Å². The van der Waals surface area contributed by atoms with Gasteiger partial charge in [0.2, 0.25) is 5.91 Å². The topological polar surface area (TPSA) is 64.6 Å². The molecule has 6 heteroatoms. The number of ether oxygens (including phenoxy) is 1. The summed E-state index contributed by atoms with van der Waals surface area (Å²) in [7, 11) is -0.747. The summed E-state index contributed by atoms with van der Waals surface area (Å²) >= 11 is 0. The quantitative estimate of drug-likeness (QED) is 0.491. The summed E-state index contributed by atoms with van der Waals surface area (Å²) in [6, 6.07) is 0. The zero-order valence-electron chi connectivity index (χ0n) is 14.1. The molecule has 21 heavy (non-hydrogen) atoms. The fourth-order valence-corrected chi connectivity index (χ4v) is 2.99. The smallest absolute Gasteiger partial charge is 0.338 e. The second-order valence-corrected chi connectivity index (χ2v) is 12.0. The van der Waals surface area contributed by atoms with Gasteiger partial charge in [0.15, 0.2) is 13.9 Å². The Labute approximate surface area is 128 Å². The van der Waals surface area contributed by atoms with E-state index in [0.717, 1.165) is 0 Å². The number of carbonyl (C=O) groups excluding carboxylic acids is 2. The monoisotopic (exact) mass is 313 g/mol. The number of rotatable bonds is 4. The van der Waals surface area contributed by atoms with Crippen LogP contribution in [-0.4, -0.2) is 39.4 Å². The molecular formula is C15H27NO4Si. The van der Waals surface area contributed by atoms with E-state index in [-0.39, 0.29) is 17.6 Å². The minimum atomic E-state index is -2.05. The molecule has 0 saturated carbocycles. The van der Waals surface area contributed by atoms with Crippen molar-refractivity contribution in [3.05, 3.63) is 12.2 Å². The molecular weight excluding hydrogens is 286 g/mol. The lowest BCUT2D eigenvalue weighted by Gasteiger charge is -2.39. The first kappa shape index (κ1) is 17.9. The van der Waals surface area contributed by atoms with E-state index in [0.29, 0.717) is 5.57 Å². The molecule has 1 saturated heterocycles. The molecule has 1 N–H and O–H groups in total. The first-order valence-corrected chi connectivity index (χ1v) is 10.0. The van der Waals surface area contributed by atoms with Crippen molar-refractivity contribution in [1.29, 1.82) is 0 Å². The summed E-state index contributed by atoms with van der Waals surface area (Å²) in [6.07, 6.45) is 0. The van der Waals surface area contributed by atoms with Crippen LogP contribution in [0.15, 0.2) is 12.2 Å². The molecule has 1 rings (SSSR count). The van der Waals surface area contributed by atoms with Crippen LogP contribution < -0.4 is 5.32 Å². The Morgan fingerprint density at radius 1 is 1.43 bits per heavy atom. The third kappa shape index (κ3) is 3.06. The minimum absolute atomic E-state index is 0.0138. The number of hydrogen-bond acceptors (Lipinski definition) is 4. The van der Waals surface area contributed by atoms with Crippen LogP contribution in [0.4, 0.5) is 0 Å². The van der Waals surface area contributed by atoms with Crippen molar-refractivity contribution < 1.29 is 18.8 Å². The van der Waals surface area contributed by atoms with Crippen molar-refractivity contribution in [2.24, 2.45) is 5.92 Å². The van der Waals surface area contributed by atoms with Gasteiger partial charge < -0.3 is 14.5 Å². The third-order valence-corrected chi connectivity index (χ3v) is 9.27. The summed E-state index contributed by atoms with van der Waals surface area (Å²) in [4.78, 5) is 24.2. The van der Waals surface area contributed by atoms with E-state index in [4.69, 9.17) is 9.16 Å². The largest absolute Gasteiger partial charge is 0.467 e. The van der Waals surface area contributed by atoms with Gasteiger partial charge in [-0.2, -0.15) is 0 Å². The summed E-state index contributed by atoms with van der Waals surface area (Å²) in [5, 5.41) is 2.74. The second kappa shape index (κ2) is 5.57. The van der Waals surface area contributed by atoms with Crippen molar-refractivity contribution in [3.63, 3.8) is 0 Å². The summed E-state index contributed by atoms with van der Waals surface area (Å²) in [6.45, 7) is 16.3. The van der Waals surface area contributed by atoms with E-state index in [9.17, 15) is 9.59 Å². The fraction of sp³-hybridized carbons (Fsp3) is 0.733. The predicted octanol–water partition coefficient (Wildman–Crippen LogP) is 2.24. The number of methoxy groups -OCH3 is 1. The fourth-order valence-electron chi connectivity index (χ4n) is 1.98. The van der Waals surface area contributed by atoms with Crippen LogP contribution in [0, 0.1) is 5.92 Å². The molecule has 1 aliphatic rings. The highest BCUT2D eigenvalue weighted by atomic mass is 28.4. The van der Waals surface area contributed by atoms with Gasteiger partial charge in [0.05, 0.1) is 19.6 Å². The summed E-state index contributed by atoms with van der Waals surface area (Å²) in [5.41, 5.74) is -0.751. The molecule has 0 spiro atoms. The zero-order chi connectivity index (χ0) is 16.6. The van der Waals surface area contributed by atoms with Crippen LogP contribution in [0.3, 0.4) is 0 Å². The Balaban J connectivity index is 3.06. The van der Waals surface area contributed by atoms with Gasteiger partial charge in [0, 0.05) is 0 Å². The highest BCUT2D eigenvalue weighted by molar-refractivity contribution is 6.74. The van der Waals surface area contributed by atoms with E-state index in [1.165, 1.54) is 7.11 Å². The van der Waals surface area contributed by atoms with Gasteiger partial charge in [-0.3, -0.25) is 4.79 Å². The molecule has 1 amide bonds. The van der Waals surface area contributed by atoms with Crippen LogP contribution in [-0.2, 0) is 18.8 Å². The number of hydrogen-bond donors (Lipinski definition) is 1. The van der Waals surface area contributed by atoms with Crippen molar-refractivity contribution in [2.45, 2.75) is 51.4 Å². The Morgan fingerprint density at radius 3 is 2.29 bits per heavy atom. The Bertz CT molecular complexity index is 467. The summed E-state index contributed by atoms with van der Waals surface area (Å²) in [5.74, 6) is -1.17. The van der Waals surface area contributed by atoms with Crippen LogP contribution in [0.25, 0.3) is 0 Å². The first-order valence-electron chi connectivity index (χ1n) is 7.13. The predicted molar refractivity (Wildman–Crippen MR) is 84.3 cm³/mol. The van der Waals surface area contributed by atoms with Crippen molar-refractivity contribution >= 4 is 20.2 Å². The van der Waals surface area contributed by atoms with Gasteiger partial charge in [-0.15, -0.1) is 0 Å². The van der Waals surface area contributed by atoms with Gasteiger partial charge in [-0.05, 0) is 30.6 Å². The lowest BCUT2D eigenvalue weighted by atomic mass is 9.89. The zero-order valence-corrected chi connectivity index (χ0v) is 15.1. The van der Waals surface area contributed by atoms with Gasteiger partial charge in [0.1, 0.15) is 0 Å². The van der Waals surface area contributed by atoms with Crippen LogP contribution in [0.5, 0.6) is 0 Å². The van der Waals surface area contributed by atoms with Crippen molar-refractivity contribution in [3.8, 4) is 0 Å². The normalized spacial score (nSPS) is 26.7. The first-order chi connectivity index (χ1) is 9.39. The minimum Gasteiger partial charge on any atom is -0.467 e. The van der Waals surface area contributed by atoms with E-state index in [1.54, 1.807) is 6.92 Å². The SMILES string of the molecule is C=C1C(C)C(=O)N[C@@]1(CO[Si](C)(C)C(C)(C)C)C(=O)OC. The molecule has 0 aliphatic carbocycles. The maximum Gasteiger partial charge on any atom is 0.338 e. The number of amides is 1. The van der Waals surface area contributed by atoms with E-state index in [2.05, 4.69) is 45.8 Å². The average molecular weight is 313 g/mol. The second-order valence-electron chi connectivity index (χ2n) is 7.18. The lowest BCUT2D eigenvalue weighted by Crippen LogP contribution is -2.57. The van der Waals surface area contributed by atoms with Crippen LogP contribution in [0.2, 0.25) is 18.1 Å². The maximum atomic E-state index is 12.2. The van der Waals surface area contributed by atoms with E-state index >= 15 is 0 Å². The van der Waals surface area contributed by atoms with Gasteiger partial charge >= 0.3 is 5.97 Å². The van der Waals surface area contributed by atoms with E-state index in [1.807, 2.05) is 0 Å². The maximum absolute atomic E-state index is 12.2. The Morgan fingerprint density at radius 2 is 1.95 bits per heavy atom. The molecule has 0 radical (unpaired) electrons. The van der Waals surface area contributed by atoms with E-state index < -0.39 is 25.7 Å². The molecule has 0 aromatic carbocycles. The molecule has 1 fully saturated rings. The highest BCUT2D eigenvalue weighted by Crippen LogP contribution is 2.39. The molecule has 1 aliphatic heterocycles. The molecule has 120 valence electrons. The standard InChI is InChI=1S/C15H27NO4Si/c1-10-11(2)15(13(18)19-6,16-12(10)17)9-20-21(7,8)14(3,4)5/h10H,2,9H2,1,3-8H3,(H,16,17)/t10?,15-/m1/s1. The molecule has 0 bridgehead atoms. The highest BCUT2D eigenvalue weighted by Gasteiger charge is 2.54. The molecule has 1 heterocycles. The number of carbonyl (C=O) groups is 2. The summed E-state index contributed by atoms with van der Waals surface area (Å²) < 4.78 is 11.0. The van der Waals surface area contributed by atoms with Crippen LogP contribution >= 0.6 is 0 Å². The Hall–Kier alpha value is -1.14. The molecule has 1 unspecified atom stereocenters. The third-order valence-electron chi connectivity index (χ3n) is 4.79. The van der Waals surface area contributed by atoms with Gasteiger partial charge in [-0.25, -0.2) is 4.79 Å². The number of nitrogens with one attached hydrogen (secondary N) is 1. The number of esters is 1. The van der Waals surface area contributed by atoms with Crippen LogP contribution in [0.1, 0.15) is 27.7 Å².